The van der Waals surface area contributed by atoms with E-state index in [4.69, 9.17) is 24.8 Å². The molecule has 0 aliphatic rings. The molecule has 23 heavy (non-hydrogen) atoms. The molecule has 0 bridgehead atoms. The molecule has 0 saturated carbocycles. The van der Waals surface area contributed by atoms with Crippen molar-refractivity contribution in [3.8, 4) is 11.6 Å². The highest BCUT2D eigenvalue weighted by atomic mass is 36.0. The number of ether oxygens (including phenoxy) is 1. The summed E-state index contributed by atoms with van der Waals surface area (Å²) in [6, 6.07) is 9.33. The summed E-state index contributed by atoms with van der Waals surface area (Å²) in [4.78, 5) is 3.57. The molecule has 0 saturated heterocycles. The van der Waals surface area contributed by atoms with Gasteiger partial charge in [0.05, 0.1) is 5.56 Å². The fourth-order valence-corrected chi connectivity index (χ4v) is 1.46. The van der Waals surface area contributed by atoms with Crippen molar-refractivity contribution in [2.45, 2.75) is 6.18 Å². The Morgan fingerprint density at radius 3 is 2.04 bits per heavy atom. The molecular formula is C12H7Cl3F3NO3S. The van der Waals surface area contributed by atoms with E-state index in [-0.39, 0.29) is 10.9 Å². The van der Waals surface area contributed by atoms with Crippen LogP contribution in [-0.2, 0) is 14.4 Å². The average Bonchev–Trinajstić information content (AvgIpc) is 2.39. The van der Waals surface area contributed by atoms with Crippen LogP contribution in [-0.4, -0.2) is 13.4 Å². The fourth-order valence-electron chi connectivity index (χ4n) is 1.26. The van der Waals surface area contributed by atoms with E-state index >= 15 is 0 Å². The summed E-state index contributed by atoms with van der Waals surface area (Å²) >= 11 is 5.70. The molecule has 2 rings (SSSR count). The van der Waals surface area contributed by atoms with E-state index in [0.29, 0.717) is 11.9 Å². The first-order chi connectivity index (χ1) is 10.5. The van der Waals surface area contributed by atoms with Gasteiger partial charge < -0.3 is 4.74 Å². The summed E-state index contributed by atoms with van der Waals surface area (Å²) in [6.07, 6.45) is -3.79. The largest absolute Gasteiger partial charge is 0.438 e. The molecule has 2 aromatic rings. The lowest BCUT2D eigenvalue weighted by Gasteiger charge is -2.09. The zero-order valence-electron chi connectivity index (χ0n) is 10.9. The molecule has 1 aromatic carbocycles. The normalized spacial score (nSPS) is 11.4. The van der Waals surface area contributed by atoms with Crippen molar-refractivity contribution in [1.29, 1.82) is 0 Å². The standard InChI is InChI=1S/C12H7ClF3NO.Cl2O2S/c13-10-6-8(12(14,15)16)7-17-11(10)18-9-4-2-1-3-5-9;1-5(2,3)4/h1-7H;. The fraction of sp³-hybridized carbons (Fsp3) is 0.0833. The second kappa shape index (κ2) is 8.05. The maximum atomic E-state index is 12.4. The summed E-state index contributed by atoms with van der Waals surface area (Å²) in [5, 5.41) is -0.186. The zero-order valence-corrected chi connectivity index (χ0v) is 14.0. The molecule has 0 atom stereocenters. The van der Waals surface area contributed by atoms with Gasteiger partial charge in [0, 0.05) is 27.6 Å². The second-order valence-corrected chi connectivity index (χ2v) is 7.88. The van der Waals surface area contributed by atoms with Crippen molar-refractivity contribution in [3.63, 3.8) is 0 Å². The first kappa shape index (κ1) is 19.8. The highest BCUT2D eigenvalue weighted by Gasteiger charge is 2.31. The van der Waals surface area contributed by atoms with Crippen LogP contribution in [0.4, 0.5) is 13.2 Å². The van der Waals surface area contributed by atoms with Crippen molar-refractivity contribution in [2.75, 3.05) is 0 Å². The zero-order chi connectivity index (χ0) is 17.7. The molecule has 0 unspecified atom stereocenters. The van der Waals surface area contributed by atoms with Gasteiger partial charge in [0.15, 0.2) is 0 Å². The Bertz CT molecular complexity index is 747. The van der Waals surface area contributed by atoms with Crippen molar-refractivity contribution < 1.29 is 26.3 Å². The lowest BCUT2D eigenvalue weighted by molar-refractivity contribution is -0.137. The molecule has 0 radical (unpaired) electrons. The Morgan fingerprint density at radius 2 is 1.61 bits per heavy atom. The smallest absolute Gasteiger partial charge is 0.417 e. The Morgan fingerprint density at radius 1 is 1.09 bits per heavy atom. The van der Waals surface area contributed by atoms with Crippen LogP contribution in [0.15, 0.2) is 42.6 Å². The molecule has 1 heterocycles. The molecule has 0 aliphatic carbocycles. The minimum absolute atomic E-state index is 0.0594. The molecule has 1 aromatic heterocycles. The minimum Gasteiger partial charge on any atom is -0.438 e. The van der Waals surface area contributed by atoms with Crippen LogP contribution in [0.3, 0.4) is 0 Å². The van der Waals surface area contributed by atoms with Crippen LogP contribution in [0.25, 0.3) is 0 Å². The number of aromatic nitrogens is 1. The maximum absolute atomic E-state index is 12.4. The minimum atomic E-state index is -4.47. The maximum Gasteiger partial charge on any atom is 0.417 e. The summed E-state index contributed by atoms with van der Waals surface area (Å²) in [6.45, 7) is 0. The van der Waals surface area contributed by atoms with Gasteiger partial charge in [0.2, 0.25) is 5.88 Å². The number of halogens is 6. The Hall–Kier alpha value is -1.22. The van der Waals surface area contributed by atoms with Crippen molar-refractivity contribution >= 4 is 41.2 Å². The van der Waals surface area contributed by atoms with Crippen LogP contribution < -0.4 is 4.74 Å². The van der Waals surface area contributed by atoms with E-state index in [1.807, 2.05) is 0 Å². The quantitative estimate of drug-likeness (QED) is 0.637. The van der Waals surface area contributed by atoms with E-state index < -0.39 is 20.0 Å². The molecule has 0 spiro atoms. The van der Waals surface area contributed by atoms with Gasteiger partial charge in [-0.25, -0.2) is 4.98 Å². The van der Waals surface area contributed by atoms with Crippen LogP contribution in [0.5, 0.6) is 11.6 Å². The first-order valence-electron chi connectivity index (χ1n) is 5.56. The lowest BCUT2D eigenvalue weighted by atomic mass is 10.3. The lowest BCUT2D eigenvalue weighted by Crippen LogP contribution is -2.05. The predicted octanol–water partition coefficient (Wildman–Crippen LogP) is 5.25. The molecule has 4 nitrogen and oxygen atoms in total. The van der Waals surface area contributed by atoms with E-state index in [1.54, 1.807) is 30.3 Å². The highest BCUT2D eigenvalue weighted by molar-refractivity contribution is 8.31. The van der Waals surface area contributed by atoms with Crippen LogP contribution in [0.2, 0.25) is 5.02 Å². The number of alkyl halides is 3. The summed E-state index contributed by atoms with van der Waals surface area (Å²) in [5.74, 6) is 0.391. The van der Waals surface area contributed by atoms with Crippen LogP contribution >= 0.6 is 33.0 Å². The number of para-hydroxylation sites is 1. The van der Waals surface area contributed by atoms with Gasteiger partial charge in [0.1, 0.15) is 10.8 Å². The van der Waals surface area contributed by atoms with Crippen LogP contribution in [0.1, 0.15) is 5.56 Å². The summed E-state index contributed by atoms with van der Waals surface area (Å²) < 4.78 is 60.8. The van der Waals surface area contributed by atoms with Gasteiger partial charge in [-0.1, -0.05) is 29.8 Å². The third-order valence-electron chi connectivity index (χ3n) is 2.09. The molecule has 11 heteroatoms. The van der Waals surface area contributed by atoms with Crippen molar-refractivity contribution in [2.24, 2.45) is 0 Å². The number of hydrogen-bond acceptors (Lipinski definition) is 4. The van der Waals surface area contributed by atoms with Gasteiger partial charge in [-0.2, -0.15) is 21.6 Å². The molecule has 0 fully saturated rings. The predicted molar refractivity (Wildman–Crippen MR) is 81.4 cm³/mol. The summed E-state index contributed by atoms with van der Waals surface area (Å²) in [5.41, 5.74) is -0.909. The van der Waals surface area contributed by atoms with Gasteiger partial charge >= 0.3 is 14.4 Å². The van der Waals surface area contributed by atoms with E-state index in [2.05, 4.69) is 26.3 Å². The number of pyridine rings is 1. The van der Waals surface area contributed by atoms with Crippen molar-refractivity contribution in [3.05, 3.63) is 53.2 Å². The second-order valence-electron chi connectivity index (χ2n) is 3.80. The van der Waals surface area contributed by atoms with Gasteiger partial charge in [-0.05, 0) is 18.2 Å². The van der Waals surface area contributed by atoms with Gasteiger partial charge in [-0.15, -0.1) is 0 Å². The van der Waals surface area contributed by atoms with E-state index in [9.17, 15) is 13.2 Å². The Balaban J connectivity index is 0.000000463. The van der Waals surface area contributed by atoms with Gasteiger partial charge in [-0.3, -0.25) is 0 Å². The Labute approximate surface area is 143 Å². The molecule has 0 amide bonds. The molecular weight excluding hydrogens is 402 g/mol. The number of rotatable bonds is 2. The number of nitrogens with zero attached hydrogens (tertiary/aromatic N) is 1. The SMILES string of the molecule is FC(F)(F)c1cnc(Oc2ccccc2)c(Cl)c1.O=S(=O)(Cl)Cl. The highest BCUT2D eigenvalue weighted by Crippen LogP contribution is 2.34. The van der Waals surface area contributed by atoms with Crippen molar-refractivity contribution in [1.82, 2.24) is 4.98 Å². The molecule has 0 aliphatic heterocycles. The van der Waals surface area contributed by atoms with Gasteiger partial charge in [0.25, 0.3) is 0 Å². The van der Waals surface area contributed by atoms with Crippen LogP contribution in [0, 0.1) is 0 Å². The molecule has 0 N–H and O–H groups in total. The summed E-state index contributed by atoms with van der Waals surface area (Å²) in [7, 11) is 4.81. The van der Waals surface area contributed by atoms with E-state index in [0.717, 1.165) is 6.07 Å². The average molecular weight is 409 g/mol. The Kier molecular flexibility index (Phi) is 6.94. The third-order valence-corrected chi connectivity index (χ3v) is 2.36. The number of hydrogen-bond donors (Lipinski definition) is 0. The topological polar surface area (TPSA) is 56.3 Å². The first-order valence-corrected chi connectivity index (χ1v) is 9.08. The molecule has 126 valence electrons. The monoisotopic (exact) mass is 407 g/mol. The third kappa shape index (κ3) is 8.26. The number of benzene rings is 1. The van der Waals surface area contributed by atoms with E-state index in [1.165, 1.54) is 0 Å².